The molecule has 1 heterocycles. The summed E-state index contributed by atoms with van der Waals surface area (Å²) >= 11 is 0. The van der Waals surface area contributed by atoms with Crippen LogP contribution in [0.3, 0.4) is 0 Å². The number of amidine groups is 1. The summed E-state index contributed by atoms with van der Waals surface area (Å²) in [6.07, 6.45) is 6.66. The van der Waals surface area contributed by atoms with Crippen LogP contribution in [0.25, 0.3) is 23.3 Å². The summed E-state index contributed by atoms with van der Waals surface area (Å²) in [5, 5.41) is 9.18. The van der Waals surface area contributed by atoms with Gasteiger partial charge in [-0.05, 0) is 54.7 Å². The third-order valence-corrected chi connectivity index (χ3v) is 5.58. The topological polar surface area (TPSA) is 105 Å². The van der Waals surface area contributed by atoms with Gasteiger partial charge in [-0.2, -0.15) is 0 Å². The number of aliphatic imine (C=N–C) groups is 1. The van der Waals surface area contributed by atoms with Crippen molar-refractivity contribution in [1.29, 1.82) is 0 Å². The van der Waals surface area contributed by atoms with Gasteiger partial charge < -0.3 is 20.5 Å². The van der Waals surface area contributed by atoms with E-state index in [4.69, 9.17) is 10.5 Å². The van der Waals surface area contributed by atoms with Gasteiger partial charge in [0.25, 0.3) is 0 Å². The molecule has 0 bridgehead atoms. The summed E-state index contributed by atoms with van der Waals surface area (Å²) in [5.74, 6) is -0.0460. The predicted molar refractivity (Wildman–Crippen MR) is 140 cm³/mol. The Morgan fingerprint density at radius 1 is 1.11 bits per heavy atom. The van der Waals surface area contributed by atoms with E-state index in [9.17, 15) is 14.7 Å². The molecule has 7 nitrogen and oxygen atoms in total. The van der Waals surface area contributed by atoms with Crippen molar-refractivity contribution in [1.82, 2.24) is 4.90 Å². The number of aliphatic hydroxyl groups is 1. The number of benzene rings is 2. The summed E-state index contributed by atoms with van der Waals surface area (Å²) < 4.78 is 4.91. The summed E-state index contributed by atoms with van der Waals surface area (Å²) in [6.45, 7) is 5.33. The molecule has 1 amide bonds. The molecule has 184 valence electrons. The molecule has 0 radical (unpaired) electrons. The van der Waals surface area contributed by atoms with Gasteiger partial charge in [-0.15, -0.1) is 0 Å². The van der Waals surface area contributed by atoms with Gasteiger partial charge >= 0.3 is 5.97 Å². The number of rotatable bonds is 10. The molecule has 0 spiro atoms. The highest BCUT2D eigenvalue weighted by atomic mass is 16.5. The smallest absolute Gasteiger partial charge is 0.330 e. The van der Waals surface area contributed by atoms with Gasteiger partial charge in [-0.1, -0.05) is 43.3 Å². The fourth-order valence-corrected chi connectivity index (χ4v) is 3.90. The van der Waals surface area contributed by atoms with Crippen LogP contribution in [0, 0.1) is 0 Å². The first-order valence-electron chi connectivity index (χ1n) is 12.0. The van der Waals surface area contributed by atoms with E-state index in [0.29, 0.717) is 43.2 Å². The van der Waals surface area contributed by atoms with Crippen LogP contribution in [0.1, 0.15) is 44.2 Å². The molecule has 3 N–H and O–H groups in total. The number of hydrogen-bond donors (Lipinski definition) is 2. The zero-order valence-corrected chi connectivity index (χ0v) is 20.4. The van der Waals surface area contributed by atoms with Gasteiger partial charge in [0.05, 0.1) is 12.3 Å². The lowest BCUT2D eigenvalue weighted by Gasteiger charge is -2.23. The minimum Gasteiger partial charge on any atom is -0.463 e. The molecule has 1 aliphatic heterocycles. The maximum atomic E-state index is 13.2. The van der Waals surface area contributed by atoms with Crippen molar-refractivity contribution in [3.05, 3.63) is 65.2 Å². The summed E-state index contributed by atoms with van der Waals surface area (Å²) in [4.78, 5) is 31.0. The van der Waals surface area contributed by atoms with E-state index in [0.717, 1.165) is 28.7 Å². The molecule has 0 aliphatic carbocycles. The largest absolute Gasteiger partial charge is 0.463 e. The lowest BCUT2D eigenvalue weighted by molar-refractivity contribution is -0.137. The Balaban J connectivity index is 1.84. The fraction of sp³-hybridized carbons (Fsp3) is 0.321. The molecule has 0 saturated heterocycles. The number of esters is 1. The number of nitrogens with zero attached hydrogens (tertiary/aromatic N) is 2. The Kier molecular flexibility index (Phi) is 9.38. The lowest BCUT2D eigenvalue weighted by atomic mass is 10.00. The molecule has 1 aliphatic rings. The number of carbonyl (C=O) groups is 2. The minimum absolute atomic E-state index is 0.0460. The summed E-state index contributed by atoms with van der Waals surface area (Å²) in [7, 11) is 0. The number of amides is 1. The zero-order chi connectivity index (χ0) is 25.2. The number of carbonyl (C=O) groups excluding carboxylic acids is 2. The first kappa shape index (κ1) is 25.9. The normalized spacial score (nSPS) is 13.0. The van der Waals surface area contributed by atoms with Gasteiger partial charge in [0.1, 0.15) is 5.84 Å². The van der Waals surface area contributed by atoms with E-state index in [2.05, 4.69) is 4.99 Å². The predicted octanol–water partition coefficient (Wildman–Crippen LogP) is 4.33. The fourth-order valence-electron chi connectivity index (χ4n) is 3.90. The first-order chi connectivity index (χ1) is 16.9. The number of fused-ring (bicyclic) bond motifs is 1. The Morgan fingerprint density at radius 2 is 1.86 bits per heavy atom. The van der Waals surface area contributed by atoms with Crippen LogP contribution in [-0.2, 0) is 14.3 Å². The Morgan fingerprint density at radius 3 is 2.54 bits per heavy atom. The van der Waals surface area contributed by atoms with E-state index in [1.165, 1.54) is 6.08 Å². The minimum atomic E-state index is -0.366. The van der Waals surface area contributed by atoms with Crippen molar-refractivity contribution in [2.75, 3.05) is 26.3 Å². The summed E-state index contributed by atoms with van der Waals surface area (Å²) in [6, 6.07) is 13.7. The van der Waals surface area contributed by atoms with Crippen LogP contribution in [0.2, 0.25) is 0 Å². The highest BCUT2D eigenvalue weighted by Gasteiger charge is 2.21. The van der Waals surface area contributed by atoms with Crippen LogP contribution in [0.4, 0.5) is 5.69 Å². The van der Waals surface area contributed by atoms with E-state index in [-0.39, 0.29) is 24.9 Å². The third-order valence-electron chi connectivity index (χ3n) is 5.58. The van der Waals surface area contributed by atoms with Gasteiger partial charge in [0.15, 0.2) is 0 Å². The Hall–Kier alpha value is -3.71. The second-order valence-corrected chi connectivity index (χ2v) is 8.30. The Labute approximate surface area is 206 Å². The van der Waals surface area contributed by atoms with Crippen LogP contribution < -0.4 is 5.73 Å². The average Bonchev–Trinajstić information content (AvgIpc) is 3.02. The number of aliphatic hydroxyl groups excluding tert-OH is 1. The van der Waals surface area contributed by atoms with Crippen molar-refractivity contribution in [2.45, 2.75) is 33.1 Å². The number of ether oxygens (including phenoxy) is 1. The molecule has 35 heavy (non-hydrogen) atoms. The molecule has 0 unspecified atom stereocenters. The van der Waals surface area contributed by atoms with Crippen LogP contribution in [-0.4, -0.2) is 54.0 Å². The van der Waals surface area contributed by atoms with Crippen LogP contribution in [0.5, 0.6) is 0 Å². The standard InChI is InChI=1S/C28H33N3O4/c1-3-14-31(15-5-16-32)28(34)24-17-23-12-11-22(18-25(23)30-26(29)19-24)21-9-6-20(7-10-21)8-13-27(33)35-4-2/h6-13,17-18,32H,3-5,14-16,19H2,1-2H3,(H2,29,30). The second-order valence-electron chi connectivity index (χ2n) is 8.30. The zero-order valence-electron chi connectivity index (χ0n) is 20.4. The van der Waals surface area contributed by atoms with Crippen molar-refractivity contribution in [3.8, 4) is 11.1 Å². The van der Waals surface area contributed by atoms with Gasteiger partial charge in [0.2, 0.25) is 5.91 Å². The van der Waals surface area contributed by atoms with Crippen LogP contribution in [0.15, 0.2) is 59.1 Å². The quantitative estimate of drug-likeness (QED) is 0.393. The summed E-state index contributed by atoms with van der Waals surface area (Å²) in [5.41, 5.74) is 11.2. The molecule has 2 aromatic rings. The van der Waals surface area contributed by atoms with E-state index in [1.54, 1.807) is 17.9 Å². The second kappa shape index (κ2) is 12.7. The SMILES string of the molecule is CCCN(CCCO)C(=O)C1=Cc2ccc(-c3ccc(C=CC(=O)OCC)cc3)cc2N=C(N)C1. The highest BCUT2D eigenvalue weighted by molar-refractivity contribution is 6.05. The molecule has 0 saturated carbocycles. The van der Waals surface area contributed by atoms with Crippen molar-refractivity contribution >= 4 is 35.6 Å². The monoisotopic (exact) mass is 475 g/mol. The van der Waals surface area contributed by atoms with E-state index in [1.807, 2.05) is 55.5 Å². The molecule has 7 heteroatoms. The molecule has 0 fully saturated rings. The Bertz CT molecular complexity index is 1130. The van der Waals surface area contributed by atoms with E-state index < -0.39 is 0 Å². The van der Waals surface area contributed by atoms with Gasteiger partial charge in [0, 0.05) is 43.3 Å². The molecular formula is C28H33N3O4. The molecule has 0 aromatic heterocycles. The van der Waals surface area contributed by atoms with Crippen molar-refractivity contribution in [3.63, 3.8) is 0 Å². The van der Waals surface area contributed by atoms with E-state index >= 15 is 0 Å². The number of hydrogen-bond acceptors (Lipinski definition) is 6. The van der Waals surface area contributed by atoms with Crippen LogP contribution >= 0.6 is 0 Å². The molecule has 0 atom stereocenters. The van der Waals surface area contributed by atoms with Crippen molar-refractivity contribution in [2.24, 2.45) is 10.7 Å². The highest BCUT2D eigenvalue weighted by Crippen LogP contribution is 2.32. The molecule has 2 aromatic carbocycles. The maximum Gasteiger partial charge on any atom is 0.330 e. The number of nitrogens with two attached hydrogens (primary N) is 1. The maximum absolute atomic E-state index is 13.2. The molecule has 3 rings (SSSR count). The third kappa shape index (κ3) is 7.13. The first-order valence-corrected chi connectivity index (χ1v) is 12.0. The lowest BCUT2D eigenvalue weighted by Crippen LogP contribution is -2.35. The van der Waals surface area contributed by atoms with Crippen molar-refractivity contribution < 1.29 is 19.4 Å². The average molecular weight is 476 g/mol. The van der Waals surface area contributed by atoms with Gasteiger partial charge in [-0.3, -0.25) is 4.79 Å². The molecular weight excluding hydrogens is 442 g/mol. The van der Waals surface area contributed by atoms with Gasteiger partial charge in [-0.25, -0.2) is 9.79 Å².